The molecular formula is C13H17N5O. The Morgan fingerprint density at radius 1 is 1.32 bits per heavy atom. The molecule has 6 heteroatoms. The lowest BCUT2D eigenvalue weighted by atomic mass is 10.2. The molecule has 0 aromatic carbocycles. The second-order valence-corrected chi connectivity index (χ2v) is 4.25. The van der Waals surface area contributed by atoms with E-state index in [1.54, 1.807) is 12.5 Å². The normalized spacial score (nSPS) is 10.4. The summed E-state index contributed by atoms with van der Waals surface area (Å²) in [7, 11) is 1.91. The van der Waals surface area contributed by atoms with Crippen molar-refractivity contribution in [3.05, 3.63) is 48.3 Å². The quantitative estimate of drug-likeness (QED) is 0.744. The minimum Gasteiger partial charge on any atom is -0.340 e. The molecule has 0 fully saturated rings. The lowest BCUT2D eigenvalue weighted by Gasteiger charge is -2.06. The van der Waals surface area contributed by atoms with Gasteiger partial charge in [-0.2, -0.15) is 0 Å². The number of carbonyl (C=O) groups excluding carboxylic acids is 1. The molecule has 19 heavy (non-hydrogen) atoms. The number of hydrogen-bond donors (Lipinski definition) is 2. The number of nitrogens with zero attached hydrogens (tertiary/aromatic N) is 3. The molecule has 2 rings (SSSR count). The van der Waals surface area contributed by atoms with Crippen LogP contribution in [-0.2, 0) is 24.8 Å². The Labute approximate surface area is 111 Å². The first kappa shape index (κ1) is 13.2. The van der Waals surface area contributed by atoms with Crippen LogP contribution in [0.2, 0.25) is 0 Å². The SMILES string of the molecule is Cn1cnc(CCC(=O)NNCc2ccccn2)c1. The molecule has 0 bridgehead atoms. The standard InChI is InChI=1S/C13H17N5O/c1-18-9-12(15-10-18)5-6-13(19)17-16-8-11-4-2-3-7-14-11/h2-4,7,9-10,16H,5-6,8H2,1H3,(H,17,19). The van der Waals surface area contributed by atoms with Gasteiger partial charge < -0.3 is 4.57 Å². The van der Waals surface area contributed by atoms with Gasteiger partial charge in [0, 0.05) is 25.9 Å². The molecule has 2 heterocycles. The van der Waals surface area contributed by atoms with Crippen LogP contribution in [0.3, 0.4) is 0 Å². The van der Waals surface area contributed by atoms with Gasteiger partial charge >= 0.3 is 0 Å². The molecule has 2 aromatic rings. The fourth-order valence-corrected chi connectivity index (χ4v) is 1.64. The number of pyridine rings is 1. The van der Waals surface area contributed by atoms with Crippen LogP contribution in [0.1, 0.15) is 17.8 Å². The van der Waals surface area contributed by atoms with Crippen molar-refractivity contribution in [1.29, 1.82) is 0 Å². The highest BCUT2D eigenvalue weighted by Gasteiger charge is 2.03. The maximum absolute atomic E-state index is 11.6. The van der Waals surface area contributed by atoms with E-state index in [0.717, 1.165) is 11.4 Å². The molecule has 0 aliphatic carbocycles. The van der Waals surface area contributed by atoms with Crippen molar-refractivity contribution in [2.45, 2.75) is 19.4 Å². The predicted molar refractivity (Wildman–Crippen MR) is 70.7 cm³/mol. The molecule has 0 saturated heterocycles. The van der Waals surface area contributed by atoms with Crippen molar-refractivity contribution in [3.63, 3.8) is 0 Å². The smallest absolute Gasteiger partial charge is 0.234 e. The Bertz CT molecular complexity index is 523. The predicted octanol–water partition coefficient (Wildman–Crippen LogP) is 0.569. The van der Waals surface area contributed by atoms with E-state index >= 15 is 0 Å². The number of carbonyl (C=O) groups is 1. The third-order valence-corrected chi connectivity index (χ3v) is 2.59. The summed E-state index contributed by atoms with van der Waals surface area (Å²) in [6.45, 7) is 0.510. The monoisotopic (exact) mass is 259 g/mol. The molecule has 0 saturated carbocycles. The van der Waals surface area contributed by atoms with E-state index in [1.807, 2.05) is 36.0 Å². The van der Waals surface area contributed by atoms with E-state index in [9.17, 15) is 4.79 Å². The zero-order valence-electron chi connectivity index (χ0n) is 10.8. The van der Waals surface area contributed by atoms with Crippen LogP contribution < -0.4 is 10.9 Å². The van der Waals surface area contributed by atoms with Gasteiger partial charge in [-0.25, -0.2) is 10.4 Å². The van der Waals surface area contributed by atoms with E-state index < -0.39 is 0 Å². The fourth-order valence-electron chi connectivity index (χ4n) is 1.64. The first-order valence-corrected chi connectivity index (χ1v) is 6.12. The van der Waals surface area contributed by atoms with Crippen LogP contribution in [-0.4, -0.2) is 20.4 Å². The molecule has 0 atom stereocenters. The summed E-state index contributed by atoms with van der Waals surface area (Å²) in [6.07, 6.45) is 6.41. The van der Waals surface area contributed by atoms with E-state index in [1.165, 1.54) is 0 Å². The van der Waals surface area contributed by atoms with Gasteiger partial charge in [0.25, 0.3) is 0 Å². The molecule has 0 radical (unpaired) electrons. The first-order chi connectivity index (χ1) is 9.24. The molecule has 2 aromatic heterocycles. The summed E-state index contributed by atoms with van der Waals surface area (Å²) in [5, 5.41) is 0. The second kappa shape index (κ2) is 6.65. The highest BCUT2D eigenvalue weighted by molar-refractivity contribution is 5.75. The molecule has 0 spiro atoms. The van der Waals surface area contributed by atoms with Crippen LogP contribution >= 0.6 is 0 Å². The van der Waals surface area contributed by atoms with Gasteiger partial charge in [-0.1, -0.05) is 6.07 Å². The number of aromatic nitrogens is 3. The number of hydrazine groups is 1. The largest absolute Gasteiger partial charge is 0.340 e. The molecule has 0 aliphatic heterocycles. The molecule has 6 nitrogen and oxygen atoms in total. The van der Waals surface area contributed by atoms with Gasteiger partial charge in [0.1, 0.15) is 0 Å². The van der Waals surface area contributed by atoms with Crippen LogP contribution in [0.4, 0.5) is 0 Å². The highest BCUT2D eigenvalue weighted by atomic mass is 16.2. The number of imidazole rings is 1. The Morgan fingerprint density at radius 2 is 2.21 bits per heavy atom. The zero-order chi connectivity index (χ0) is 13.5. The molecule has 100 valence electrons. The summed E-state index contributed by atoms with van der Waals surface area (Å²) in [5.41, 5.74) is 7.30. The zero-order valence-corrected chi connectivity index (χ0v) is 10.8. The number of hydrogen-bond acceptors (Lipinski definition) is 4. The van der Waals surface area contributed by atoms with E-state index in [2.05, 4.69) is 20.8 Å². The number of amides is 1. The van der Waals surface area contributed by atoms with E-state index in [4.69, 9.17) is 0 Å². The van der Waals surface area contributed by atoms with Gasteiger partial charge in [0.05, 0.1) is 24.3 Å². The average molecular weight is 259 g/mol. The maximum Gasteiger partial charge on any atom is 0.234 e. The summed E-state index contributed by atoms with van der Waals surface area (Å²) >= 11 is 0. The van der Waals surface area contributed by atoms with Crippen LogP contribution in [0, 0.1) is 0 Å². The Balaban J connectivity index is 1.65. The van der Waals surface area contributed by atoms with Gasteiger partial charge in [-0.15, -0.1) is 0 Å². The molecule has 0 unspecified atom stereocenters. The number of nitrogens with one attached hydrogen (secondary N) is 2. The van der Waals surface area contributed by atoms with Crippen LogP contribution in [0.5, 0.6) is 0 Å². The van der Waals surface area contributed by atoms with Gasteiger partial charge in [-0.05, 0) is 18.6 Å². The lowest BCUT2D eigenvalue weighted by molar-refractivity contribution is -0.122. The summed E-state index contributed by atoms with van der Waals surface area (Å²) in [6, 6.07) is 5.66. The maximum atomic E-state index is 11.6. The van der Waals surface area contributed by atoms with Crippen LogP contribution in [0.25, 0.3) is 0 Å². The Hall–Kier alpha value is -2.21. The van der Waals surface area contributed by atoms with E-state index in [-0.39, 0.29) is 5.91 Å². The van der Waals surface area contributed by atoms with E-state index in [0.29, 0.717) is 19.4 Å². The third kappa shape index (κ3) is 4.51. The van der Waals surface area contributed by atoms with Crippen molar-refractivity contribution in [2.24, 2.45) is 7.05 Å². The van der Waals surface area contributed by atoms with Crippen molar-refractivity contribution >= 4 is 5.91 Å². The van der Waals surface area contributed by atoms with Crippen molar-refractivity contribution < 1.29 is 4.79 Å². The summed E-state index contributed by atoms with van der Waals surface area (Å²) < 4.78 is 1.87. The first-order valence-electron chi connectivity index (χ1n) is 6.12. The molecule has 1 amide bonds. The molecular weight excluding hydrogens is 242 g/mol. The third-order valence-electron chi connectivity index (χ3n) is 2.59. The Kier molecular flexibility index (Phi) is 4.63. The lowest BCUT2D eigenvalue weighted by Crippen LogP contribution is -2.37. The van der Waals surface area contributed by atoms with Gasteiger partial charge in [0.2, 0.25) is 5.91 Å². The van der Waals surface area contributed by atoms with Gasteiger partial charge in [-0.3, -0.25) is 15.2 Å². The van der Waals surface area contributed by atoms with Crippen molar-refractivity contribution in [1.82, 2.24) is 25.4 Å². The molecule has 2 N–H and O–H groups in total. The second-order valence-electron chi connectivity index (χ2n) is 4.25. The van der Waals surface area contributed by atoms with Crippen LogP contribution in [0.15, 0.2) is 36.9 Å². The molecule has 0 aliphatic rings. The minimum absolute atomic E-state index is 0.0541. The highest BCUT2D eigenvalue weighted by Crippen LogP contribution is 1.98. The topological polar surface area (TPSA) is 71.8 Å². The number of aryl methyl sites for hydroxylation is 2. The average Bonchev–Trinajstić information content (AvgIpc) is 2.83. The fraction of sp³-hybridized carbons (Fsp3) is 0.308. The number of rotatable bonds is 6. The van der Waals surface area contributed by atoms with Gasteiger partial charge in [0.15, 0.2) is 0 Å². The summed E-state index contributed by atoms with van der Waals surface area (Å²) in [4.78, 5) is 19.9. The van der Waals surface area contributed by atoms with Crippen molar-refractivity contribution in [2.75, 3.05) is 0 Å². The van der Waals surface area contributed by atoms with Crippen molar-refractivity contribution in [3.8, 4) is 0 Å². The summed E-state index contributed by atoms with van der Waals surface area (Å²) in [5.74, 6) is -0.0541. The minimum atomic E-state index is -0.0541. The Morgan fingerprint density at radius 3 is 2.89 bits per heavy atom.